The lowest BCUT2D eigenvalue weighted by Crippen LogP contribution is -2.40. The van der Waals surface area contributed by atoms with Gasteiger partial charge < -0.3 is 16.2 Å². The lowest BCUT2D eigenvalue weighted by molar-refractivity contribution is -0.137. The van der Waals surface area contributed by atoms with Crippen LogP contribution in [-0.2, 0) is 29.6 Å². The van der Waals surface area contributed by atoms with Crippen molar-refractivity contribution < 1.29 is 14.7 Å². The van der Waals surface area contributed by atoms with E-state index in [1.54, 1.807) is 4.68 Å². The van der Waals surface area contributed by atoms with Crippen molar-refractivity contribution in [2.24, 2.45) is 12.8 Å². The van der Waals surface area contributed by atoms with Crippen molar-refractivity contribution >= 4 is 11.9 Å². The predicted molar refractivity (Wildman–Crippen MR) is 69.3 cm³/mol. The normalized spacial score (nSPS) is 12.2. The highest BCUT2D eigenvalue weighted by atomic mass is 16.4. The van der Waals surface area contributed by atoms with Gasteiger partial charge in [-0.1, -0.05) is 6.92 Å². The molecule has 1 amide bonds. The first kappa shape index (κ1) is 15.2. The maximum atomic E-state index is 11.7. The molecule has 1 unspecified atom stereocenters. The number of carbonyl (C=O) groups is 2. The molecular formula is C12H20N4O3. The van der Waals surface area contributed by atoms with Crippen molar-refractivity contribution in [2.75, 3.05) is 0 Å². The van der Waals surface area contributed by atoms with Crippen LogP contribution >= 0.6 is 0 Å². The minimum absolute atomic E-state index is 0.109. The average molecular weight is 268 g/mol. The Morgan fingerprint density at radius 1 is 1.58 bits per heavy atom. The number of carbonyl (C=O) groups excluding carboxylic acids is 1. The number of hydrogen-bond donors (Lipinski definition) is 3. The molecule has 0 aromatic carbocycles. The summed E-state index contributed by atoms with van der Waals surface area (Å²) in [5, 5.41) is 15.5. The van der Waals surface area contributed by atoms with Crippen LogP contribution in [0.3, 0.4) is 0 Å². The third-order valence-corrected chi connectivity index (χ3v) is 2.79. The van der Waals surface area contributed by atoms with Crippen LogP contribution in [0.1, 0.15) is 31.0 Å². The number of carboxylic acids is 1. The Kier molecular flexibility index (Phi) is 5.50. The summed E-state index contributed by atoms with van der Waals surface area (Å²) in [6.07, 6.45) is 2.66. The summed E-state index contributed by atoms with van der Waals surface area (Å²) in [6.45, 7) is 2.35. The van der Waals surface area contributed by atoms with Gasteiger partial charge in [0, 0.05) is 31.8 Å². The molecule has 0 spiro atoms. The number of aryl methyl sites for hydroxylation is 2. The predicted octanol–water partition coefficient (Wildman–Crippen LogP) is -0.209. The lowest BCUT2D eigenvalue weighted by atomic mass is 10.1. The second-order valence-electron chi connectivity index (χ2n) is 4.38. The van der Waals surface area contributed by atoms with Gasteiger partial charge in [-0.25, -0.2) is 0 Å². The van der Waals surface area contributed by atoms with E-state index in [4.69, 9.17) is 10.8 Å². The minimum Gasteiger partial charge on any atom is -0.481 e. The number of hydrogen-bond acceptors (Lipinski definition) is 4. The summed E-state index contributed by atoms with van der Waals surface area (Å²) in [4.78, 5) is 22.1. The molecule has 4 N–H and O–H groups in total. The van der Waals surface area contributed by atoms with E-state index in [-0.39, 0.29) is 18.7 Å². The van der Waals surface area contributed by atoms with Gasteiger partial charge in [-0.3, -0.25) is 14.3 Å². The molecule has 19 heavy (non-hydrogen) atoms. The Hall–Kier alpha value is -1.89. The fraction of sp³-hybridized carbons (Fsp3) is 0.583. The van der Waals surface area contributed by atoms with Gasteiger partial charge in [0.15, 0.2) is 0 Å². The molecule has 1 atom stereocenters. The molecule has 7 nitrogen and oxygen atoms in total. The molecule has 0 saturated heterocycles. The molecular weight excluding hydrogens is 248 g/mol. The molecule has 0 fully saturated rings. The molecule has 0 saturated carbocycles. The number of carboxylic acid groups (broad SMARTS) is 1. The van der Waals surface area contributed by atoms with Crippen LogP contribution < -0.4 is 11.1 Å². The Balaban J connectivity index is 2.47. The van der Waals surface area contributed by atoms with Crippen LogP contribution in [0.2, 0.25) is 0 Å². The number of nitrogens with two attached hydrogens (primary N) is 1. The van der Waals surface area contributed by atoms with Gasteiger partial charge in [-0.2, -0.15) is 5.10 Å². The van der Waals surface area contributed by atoms with E-state index < -0.39 is 12.0 Å². The van der Waals surface area contributed by atoms with Crippen LogP contribution in [0.4, 0.5) is 0 Å². The van der Waals surface area contributed by atoms with Crippen molar-refractivity contribution in [3.63, 3.8) is 0 Å². The van der Waals surface area contributed by atoms with Crippen LogP contribution in [0.15, 0.2) is 6.20 Å². The van der Waals surface area contributed by atoms with E-state index >= 15 is 0 Å². The van der Waals surface area contributed by atoms with Crippen molar-refractivity contribution in [1.82, 2.24) is 15.1 Å². The number of aliphatic carboxylic acids is 1. The molecule has 0 aliphatic rings. The summed E-state index contributed by atoms with van der Waals surface area (Å²) in [5.74, 6) is -1.30. The van der Waals surface area contributed by atoms with E-state index in [2.05, 4.69) is 10.4 Å². The molecule has 1 rings (SSSR count). The Bertz CT molecular complexity index is 456. The molecule has 106 valence electrons. The second kappa shape index (κ2) is 6.89. The Labute approximate surface area is 111 Å². The summed E-state index contributed by atoms with van der Waals surface area (Å²) in [7, 11) is 1.82. The maximum absolute atomic E-state index is 11.7. The van der Waals surface area contributed by atoms with Gasteiger partial charge in [-0.05, 0) is 12.8 Å². The zero-order chi connectivity index (χ0) is 14.4. The fourth-order valence-corrected chi connectivity index (χ4v) is 1.75. The van der Waals surface area contributed by atoms with E-state index in [9.17, 15) is 9.59 Å². The van der Waals surface area contributed by atoms with Crippen molar-refractivity contribution in [1.29, 1.82) is 0 Å². The number of nitrogens with zero attached hydrogens (tertiary/aromatic N) is 2. The smallest absolute Gasteiger partial charge is 0.303 e. The van der Waals surface area contributed by atoms with E-state index in [0.29, 0.717) is 6.54 Å². The topological polar surface area (TPSA) is 110 Å². The monoisotopic (exact) mass is 268 g/mol. The number of rotatable bonds is 7. The van der Waals surface area contributed by atoms with E-state index in [0.717, 1.165) is 17.7 Å². The van der Waals surface area contributed by atoms with Gasteiger partial charge in [0.25, 0.3) is 0 Å². The number of aromatic nitrogens is 2. The van der Waals surface area contributed by atoms with Crippen LogP contribution in [-0.4, -0.2) is 32.8 Å². The third-order valence-electron chi connectivity index (χ3n) is 2.79. The number of amides is 1. The number of nitrogens with one attached hydrogen (secondary N) is 1. The molecule has 0 aliphatic carbocycles. The molecule has 0 bridgehead atoms. The molecule has 1 aromatic heterocycles. The van der Waals surface area contributed by atoms with E-state index in [1.807, 2.05) is 20.2 Å². The first-order valence-corrected chi connectivity index (χ1v) is 6.20. The Morgan fingerprint density at radius 3 is 2.84 bits per heavy atom. The SMILES string of the molecule is CCc1nn(C)cc1CNC(=O)C(N)CCC(=O)O. The average Bonchev–Trinajstić information content (AvgIpc) is 2.73. The van der Waals surface area contributed by atoms with Crippen LogP contribution in [0.5, 0.6) is 0 Å². The highest BCUT2D eigenvalue weighted by Crippen LogP contribution is 2.06. The summed E-state index contributed by atoms with van der Waals surface area (Å²) in [5.41, 5.74) is 7.49. The molecule has 0 aliphatic heterocycles. The molecule has 7 heteroatoms. The summed E-state index contributed by atoms with van der Waals surface area (Å²) >= 11 is 0. The third kappa shape index (κ3) is 4.70. The highest BCUT2D eigenvalue weighted by Gasteiger charge is 2.15. The molecule has 0 radical (unpaired) electrons. The van der Waals surface area contributed by atoms with E-state index in [1.165, 1.54) is 0 Å². The second-order valence-corrected chi connectivity index (χ2v) is 4.38. The molecule has 1 aromatic rings. The van der Waals surface area contributed by atoms with Gasteiger partial charge in [0.2, 0.25) is 5.91 Å². The van der Waals surface area contributed by atoms with Crippen molar-refractivity contribution in [3.05, 3.63) is 17.5 Å². The largest absolute Gasteiger partial charge is 0.481 e. The first-order valence-electron chi connectivity index (χ1n) is 6.20. The maximum Gasteiger partial charge on any atom is 0.303 e. The lowest BCUT2D eigenvalue weighted by Gasteiger charge is -2.10. The van der Waals surface area contributed by atoms with Crippen LogP contribution in [0.25, 0.3) is 0 Å². The zero-order valence-electron chi connectivity index (χ0n) is 11.2. The quantitative estimate of drug-likeness (QED) is 0.634. The molecule has 1 heterocycles. The fourth-order valence-electron chi connectivity index (χ4n) is 1.75. The van der Waals surface area contributed by atoms with Crippen molar-refractivity contribution in [3.8, 4) is 0 Å². The summed E-state index contributed by atoms with van der Waals surface area (Å²) in [6, 6.07) is -0.794. The van der Waals surface area contributed by atoms with Gasteiger partial charge in [0.05, 0.1) is 11.7 Å². The first-order chi connectivity index (χ1) is 8.93. The minimum atomic E-state index is -0.955. The highest BCUT2D eigenvalue weighted by molar-refractivity contribution is 5.82. The van der Waals surface area contributed by atoms with Crippen molar-refractivity contribution in [2.45, 2.75) is 38.8 Å². The van der Waals surface area contributed by atoms with Gasteiger partial charge in [0.1, 0.15) is 0 Å². The van der Waals surface area contributed by atoms with Crippen LogP contribution in [0, 0.1) is 0 Å². The zero-order valence-corrected chi connectivity index (χ0v) is 11.2. The Morgan fingerprint density at radius 2 is 2.26 bits per heavy atom. The van der Waals surface area contributed by atoms with Gasteiger partial charge in [-0.15, -0.1) is 0 Å². The summed E-state index contributed by atoms with van der Waals surface area (Å²) < 4.78 is 1.70. The van der Waals surface area contributed by atoms with Gasteiger partial charge >= 0.3 is 5.97 Å². The standard InChI is InChI=1S/C12H20N4O3/c1-3-10-8(7-16(2)15-10)6-14-12(19)9(13)4-5-11(17)18/h7,9H,3-6,13H2,1-2H3,(H,14,19)(H,17,18).